The van der Waals surface area contributed by atoms with Crippen molar-refractivity contribution in [2.75, 3.05) is 6.54 Å². The summed E-state index contributed by atoms with van der Waals surface area (Å²) >= 11 is 0. The molecule has 1 amide bonds. The molecule has 0 atom stereocenters. The van der Waals surface area contributed by atoms with Gasteiger partial charge in [0.15, 0.2) is 0 Å². The number of benzene rings is 1. The summed E-state index contributed by atoms with van der Waals surface area (Å²) < 4.78 is 0. The maximum absolute atomic E-state index is 10.0. The number of allylic oxidation sites excluding steroid dienone is 1. The Morgan fingerprint density at radius 3 is 2.30 bits per heavy atom. The van der Waals surface area contributed by atoms with Crippen molar-refractivity contribution in [3.8, 4) is 0 Å². The van der Waals surface area contributed by atoms with E-state index in [1.807, 2.05) is 6.08 Å². The van der Waals surface area contributed by atoms with E-state index in [-0.39, 0.29) is 0 Å². The molecule has 2 heteroatoms. The van der Waals surface area contributed by atoms with Crippen molar-refractivity contribution in [2.24, 2.45) is 0 Å². The highest BCUT2D eigenvalue weighted by atomic mass is 16.1. The summed E-state index contributed by atoms with van der Waals surface area (Å²) in [6, 6.07) is 10.7. The molecule has 1 N–H and O–H groups in total. The molecular formula is C18H27NO. The van der Waals surface area contributed by atoms with Gasteiger partial charge < -0.3 is 5.32 Å². The predicted octanol–water partition coefficient (Wildman–Crippen LogP) is 4.26. The first-order chi connectivity index (χ1) is 9.93. The Hall–Kier alpha value is -1.57. The molecule has 0 heterocycles. The van der Waals surface area contributed by atoms with E-state index < -0.39 is 0 Å². The molecule has 0 fully saturated rings. The zero-order valence-corrected chi connectivity index (χ0v) is 12.4. The van der Waals surface area contributed by atoms with Crippen LogP contribution >= 0.6 is 0 Å². The number of unbranched alkanes of at least 4 members (excludes halogenated alkanes) is 6. The zero-order chi connectivity index (χ0) is 14.3. The van der Waals surface area contributed by atoms with Gasteiger partial charge in [0.25, 0.3) is 0 Å². The van der Waals surface area contributed by atoms with Gasteiger partial charge in [-0.25, -0.2) is 0 Å². The number of hydrogen-bond donors (Lipinski definition) is 1. The predicted molar refractivity (Wildman–Crippen MR) is 85.7 cm³/mol. The molecule has 1 aromatic carbocycles. The molecule has 0 aromatic heterocycles. The number of rotatable bonds is 12. The van der Waals surface area contributed by atoms with Crippen LogP contribution in [0, 0.1) is 0 Å². The van der Waals surface area contributed by atoms with Crippen LogP contribution in [-0.4, -0.2) is 13.0 Å². The van der Waals surface area contributed by atoms with Crippen LogP contribution in [0.1, 0.15) is 50.5 Å². The molecule has 0 aliphatic rings. The van der Waals surface area contributed by atoms with Crippen molar-refractivity contribution in [1.82, 2.24) is 5.32 Å². The minimum Gasteiger partial charge on any atom is -0.355 e. The van der Waals surface area contributed by atoms with Crippen LogP contribution in [0.2, 0.25) is 0 Å². The smallest absolute Gasteiger partial charge is 0.207 e. The van der Waals surface area contributed by atoms with Crippen molar-refractivity contribution in [2.45, 2.75) is 51.4 Å². The second-order valence-electron chi connectivity index (χ2n) is 5.14. The fraction of sp³-hybridized carbons (Fsp3) is 0.500. The molecule has 0 saturated carbocycles. The van der Waals surface area contributed by atoms with Gasteiger partial charge in [-0.3, -0.25) is 4.79 Å². The maximum atomic E-state index is 10.0. The van der Waals surface area contributed by atoms with Crippen LogP contribution in [0.15, 0.2) is 42.5 Å². The van der Waals surface area contributed by atoms with E-state index in [4.69, 9.17) is 0 Å². The minimum absolute atomic E-state index is 0.656. The zero-order valence-electron chi connectivity index (χ0n) is 12.4. The van der Waals surface area contributed by atoms with Gasteiger partial charge in [-0.15, -0.1) is 0 Å². The first-order valence-electron chi connectivity index (χ1n) is 7.79. The van der Waals surface area contributed by atoms with E-state index in [1.165, 1.54) is 50.5 Å². The van der Waals surface area contributed by atoms with Crippen molar-refractivity contribution >= 4 is 6.41 Å². The summed E-state index contributed by atoms with van der Waals surface area (Å²) in [5.74, 6) is 0. The van der Waals surface area contributed by atoms with Gasteiger partial charge in [-0.2, -0.15) is 0 Å². The molecule has 2 nitrogen and oxygen atoms in total. The van der Waals surface area contributed by atoms with Crippen LogP contribution in [0.5, 0.6) is 0 Å². The Bertz CT molecular complexity index is 359. The molecule has 1 rings (SSSR count). The lowest BCUT2D eigenvalue weighted by atomic mass is 10.0. The lowest BCUT2D eigenvalue weighted by Crippen LogP contribution is -2.09. The highest BCUT2D eigenvalue weighted by Crippen LogP contribution is 2.10. The molecule has 110 valence electrons. The van der Waals surface area contributed by atoms with Crippen LogP contribution in [-0.2, 0) is 11.2 Å². The minimum atomic E-state index is 0.656. The quantitative estimate of drug-likeness (QED) is 0.344. The van der Waals surface area contributed by atoms with Gasteiger partial charge >= 0.3 is 0 Å². The van der Waals surface area contributed by atoms with Gasteiger partial charge in [-0.05, 0) is 31.2 Å². The Morgan fingerprint density at radius 2 is 1.55 bits per heavy atom. The molecule has 0 spiro atoms. The highest BCUT2D eigenvalue weighted by molar-refractivity contribution is 5.46. The molecule has 1 aromatic rings. The summed E-state index contributed by atoms with van der Waals surface area (Å²) in [4.78, 5) is 10.0. The fourth-order valence-corrected chi connectivity index (χ4v) is 2.26. The Balaban J connectivity index is 1.83. The Morgan fingerprint density at radius 1 is 0.850 bits per heavy atom. The van der Waals surface area contributed by atoms with Crippen LogP contribution in [0.3, 0.4) is 0 Å². The lowest BCUT2D eigenvalue weighted by molar-refractivity contribution is -0.109. The summed E-state index contributed by atoms with van der Waals surface area (Å²) in [6.07, 6.45) is 15.2. The lowest BCUT2D eigenvalue weighted by Gasteiger charge is -2.02. The van der Waals surface area contributed by atoms with E-state index in [9.17, 15) is 4.79 Å². The molecular weight excluding hydrogens is 246 g/mol. The topological polar surface area (TPSA) is 29.1 Å². The largest absolute Gasteiger partial charge is 0.355 e. The SMILES string of the molecule is O=CNCC=CCCCCCCCCc1ccccc1. The molecule has 0 unspecified atom stereocenters. The van der Waals surface area contributed by atoms with Crippen molar-refractivity contribution in [3.05, 3.63) is 48.0 Å². The average Bonchev–Trinajstić information content (AvgIpc) is 2.49. The highest BCUT2D eigenvalue weighted by Gasteiger charge is 1.93. The maximum Gasteiger partial charge on any atom is 0.207 e. The van der Waals surface area contributed by atoms with Crippen molar-refractivity contribution < 1.29 is 4.79 Å². The number of aryl methyl sites for hydroxylation is 1. The van der Waals surface area contributed by atoms with Crippen LogP contribution < -0.4 is 5.32 Å². The van der Waals surface area contributed by atoms with Gasteiger partial charge in [-0.1, -0.05) is 68.2 Å². The summed E-state index contributed by atoms with van der Waals surface area (Å²) in [5, 5.41) is 2.62. The van der Waals surface area contributed by atoms with E-state index in [0.29, 0.717) is 6.54 Å². The number of nitrogens with one attached hydrogen (secondary N) is 1. The van der Waals surface area contributed by atoms with Crippen LogP contribution in [0.25, 0.3) is 0 Å². The molecule has 0 aliphatic heterocycles. The number of carbonyl (C=O) groups excluding carboxylic acids is 1. The monoisotopic (exact) mass is 273 g/mol. The second-order valence-corrected chi connectivity index (χ2v) is 5.14. The van der Waals surface area contributed by atoms with E-state index in [2.05, 4.69) is 41.7 Å². The standard InChI is InChI=1S/C18H27NO/c20-17-19-16-12-7-5-3-1-2-4-6-9-13-18-14-10-8-11-15-18/h7-8,10-12,14-15,17H,1-6,9,13,16H2,(H,19,20). The first kappa shape index (κ1) is 16.5. The van der Waals surface area contributed by atoms with Gasteiger partial charge in [0.2, 0.25) is 6.41 Å². The average molecular weight is 273 g/mol. The van der Waals surface area contributed by atoms with E-state index in [1.54, 1.807) is 0 Å². The molecule has 0 bridgehead atoms. The van der Waals surface area contributed by atoms with Gasteiger partial charge in [0, 0.05) is 6.54 Å². The molecule has 0 saturated heterocycles. The third-order valence-electron chi connectivity index (χ3n) is 3.41. The number of carbonyl (C=O) groups is 1. The van der Waals surface area contributed by atoms with Crippen molar-refractivity contribution in [1.29, 1.82) is 0 Å². The Labute approximate surface area is 123 Å². The first-order valence-corrected chi connectivity index (χ1v) is 7.79. The molecule has 0 aliphatic carbocycles. The van der Waals surface area contributed by atoms with E-state index in [0.717, 1.165) is 12.8 Å². The molecule has 0 radical (unpaired) electrons. The third kappa shape index (κ3) is 9.37. The number of hydrogen-bond acceptors (Lipinski definition) is 1. The van der Waals surface area contributed by atoms with Gasteiger partial charge in [0.05, 0.1) is 0 Å². The second kappa shape index (κ2) is 12.5. The van der Waals surface area contributed by atoms with Crippen molar-refractivity contribution in [3.63, 3.8) is 0 Å². The van der Waals surface area contributed by atoms with Gasteiger partial charge in [0.1, 0.15) is 0 Å². The third-order valence-corrected chi connectivity index (χ3v) is 3.41. The normalized spacial score (nSPS) is 10.8. The Kier molecular flexibility index (Phi) is 10.3. The summed E-state index contributed by atoms with van der Waals surface area (Å²) in [5.41, 5.74) is 1.46. The number of amides is 1. The summed E-state index contributed by atoms with van der Waals surface area (Å²) in [6.45, 7) is 0.656. The van der Waals surface area contributed by atoms with E-state index >= 15 is 0 Å². The molecule has 20 heavy (non-hydrogen) atoms. The fourth-order valence-electron chi connectivity index (χ4n) is 2.26. The van der Waals surface area contributed by atoms with Crippen LogP contribution in [0.4, 0.5) is 0 Å². The summed E-state index contributed by atoms with van der Waals surface area (Å²) in [7, 11) is 0.